The van der Waals surface area contributed by atoms with Gasteiger partial charge in [0.25, 0.3) is 11.8 Å². The van der Waals surface area contributed by atoms with Crippen LogP contribution in [0.5, 0.6) is 0 Å². The fourth-order valence-corrected chi connectivity index (χ4v) is 2.87. The van der Waals surface area contributed by atoms with Crippen molar-refractivity contribution in [1.82, 2.24) is 5.06 Å². The van der Waals surface area contributed by atoms with Crippen LogP contribution in [0.25, 0.3) is 0 Å². The van der Waals surface area contributed by atoms with Crippen LogP contribution in [-0.2, 0) is 23.9 Å². The number of rotatable bonds is 8. The second-order valence-electron chi connectivity index (χ2n) is 3.58. The lowest BCUT2D eigenvalue weighted by atomic mass is 10.4. The van der Waals surface area contributed by atoms with Gasteiger partial charge in [-0.3, -0.25) is 14.4 Å². The molecule has 1 aliphatic heterocycles. The molecule has 9 nitrogen and oxygen atoms in total. The molecule has 0 unspecified atom stereocenters. The zero-order valence-electron chi connectivity index (χ0n) is 10.9. The van der Waals surface area contributed by atoms with Gasteiger partial charge in [-0.25, -0.2) is 9.59 Å². The van der Waals surface area contributed by atoms with Gasteiger partial charge in [0.15, 0.2) is 0 Å². The van der Waals surface area contributed by atoms with Crippen LogP contribution in [0.3, 0.4) is 0 Å². The standard InChI is InChI=1S/C10H14N2O7S2/c11-9(15)17-3-5-20-21-6-4-18-10(16)19-12-7(13)1-2-8(12)14/h1-6H2,(H2,11,15). The highest BCUT2D eigenvalue weighted by molar-refractivity contribution is 8.76. The average molecular weight is 338 g/mol. The average Bonchev–Trinajstić information content (AvgIpc) is 2.73. The summed E-state index contributed by atoms with van der Waals surface area (Å²) in [6.07, 6.45) is -1.85. The van der Waals surface area contributed by atoms with Gasteiger partial charge in [-0.1, -0.05) is 26.7 Å². The molecule has 0 atom stereocenters. The van der Waals surface area contributed by atoms with E-state index in [1.165, 1.54) is 21.6 Å². The van der Waals surface area contributed by atoms with E-state index in [2.05, 4.69) is 9.57 Å². The van der Waals surface area contributed by atoms with Crippen molar-refractivity contribution in [1.29, 1.82) is 0 Å². The van der Waals surface area contributed by atoms with Crippen LogP contribution in [0.2, 0.25) is 0 Å². The minimum absolute atomic E-state index is 0.0337. The number of carbonyl (C=O) groups excluding carboxylic acids is 4. The summed E-state index contributed by atoms with van der Waals surface area (Å²) in [6, 6.07) is 0. The molecule has 1 heterocycles. The first-order chi connectivity index (χ1) is 10.0. The molecule has 21 heavy (non-hydrogen) atoms. The Balaban J connectivity index is 2.00. The summed E-state index contributed by atoms with van der Waals surface area (Å²) >= 11 is 0. The first kappa shape index (κ1) is 17.4. The van der Waals surface area contributed by atoms with Crippen LogP contribution in [0.1, 0.15) is 12.8 Å². The molecule has 0 radical (unpaired) electrons. The third kappa shape index (κ3) is 7.09. The van der Waals surface area contributed by atoms with Gasteiger partial charge in [-0.15, -0.1) is 0 Å². The molecule has 0 saturated carbocycles. The molecule has 0 aromatic heterocycles. The highest BCUT2D eigenvalue weighted by Crippen LogP contribution is 2.20. The Hall–Kier alpha value is -1.62. The van der Waals surface area contributed by atoms with Crippen molar-refractivity contribution in [3.63, 3.8) is 0 Å². The lowest BCUT2D eigenvalue weighted by Gasteiger charge is -2.12. The summed E-state index contributed by atoms with van der Waals surface area (Å²) in [6.45, 7) is 0.262. The summed E-state index contributed by atoms with van der Waals surface area (Å²) in [5.41, 5.74) is 4.77. The molecule has 1 fully saturated rings. The Kier molecular flexibility index (Phi) is 7.75. The van der Waals surface area contributed by atoms with Crippen molar-refractivity contribution < 1.29 is 33.5 Å². The van der Waals surface area contributed by atoms with Crippen LogP contribution < -0.4 is 5.73 Å². The highest BCUT2D eigenvalue weighted by Gasteiger charge is 2.33. The quantitative estimate of drug-likeness (QED) is 0.294. The van der Waals surface area contributed by atoms with E-state index in [1.807, 2.05) is 0 Å². The summed E-state index contributed by atoms with van der Waals surface area (Å²) in [4.78, 5) is 48.3. The fourth-order valence-electron chi connectivity index (χ4n) is 1.21. The van der Waals surface area contributed by atoms with E-state index in [-0.39, 0.29) is 26.1 Å². The number of ether oxygens (including phenoxy) is 2. The Bertz CT molecular complexity index is 402. The minimum Gasteiger partial charge on any atom is -0.449 e. The molecule has 11 heteroatoms. The van der Waals surface area contributed by atoms with E-state index in [1.54, 1.807) is 0 Å². The molecule has 0 aromatic carbocycles. The summed E-state index contributed by atoms with van der Waals surface area (Å²) in [5, 5.41) is 0.422. The van der Waals surface area contributed by atoms with Gasteiger partial charge in [0, 0.05) is 24.3 Å². The van der Waals surface area contributed by atoms with Gasteiger partial charge in [0.05, 0.1) is 0 Å². The van der Waals surface area contributed by atoms with Gasteiger partial charge >= 0.3 is 12.2 Å². The predicted molar refractivity (Wildman–Crippen MR) is 74.0 cm³/mol. The first-order valence-corrected chi connectivity index (χ1v) is 8.36. The second-order valence-corrected chi connectivity index (χ2v) is 6.29. The van der Waals surface area contributed by atoms with Gasteiger partial charge in [0.1, 0.15) is 13.2 Å². The van der Waals surface area contributed by atoms with Crippen molar-refractivity contribution in [3.05, 3.63) is 0 Å². The molecule has 0 aromatic rings. The van der Waals surface area contributed by atoms with Gasteiger partial charge in [0.2, 0.25) is 0 Å². The minimum atomic E-state index is -1.10. The van der Waals surface area contributed by atoms with Crippen molar-refractivity contribution in [2.45, 2.75) is 12.8 Å². The lowest BCUT2D eigenvalue weighted by Crippen LogP contribution is -2.32. The zero-order chi connectivity index (χ0) is 15.7. The molecule has 0 bridgehead atoms. The van der Waals surface area contributed by atoms with Crippen LogP contribution in [0.15, 0.2) is 0 Å². The number of nitrogens with zero attached hydrogens (tertiary/aromatic N) is 1. The van der Waals surface area contributed by atoms with E-state index in [0.29, 0.717) is 16.6 Å². The highest BCUT2D eigenvalue weighted by atomic mass is 33.1. The van der Waals surface area contributed by atoms with Crippen LogP contribution in [-0.4, -0.2) is 53.8 Å². The Morgan fingerprint density at radius 1 is 1.05 bits per heavy atom. The Morgan fingerprint density at radius 3 is 2.10 bits per heavy atom. The topological polar surface area (TPSA) is 125 Å². The van der Waals surface area contributed by atoms with E-state index in [9.17, 15) is 19.2 Å². The van der Waals surface area contributed by atoms with Gasteiger partial charge in [-0.05, 0) is 0 Å². The maximum absolute atomic E-state index is 11.2. The molecule has 3 amide bonds. The van der Waals surface area contributed by atoms with Crippen LogP contribution in [0, 0.1) is 0 Å². The maximum atomic E-state index is 11.2. The van der Waals surface area contributed by atoms with E-state index < -0.39 is 24.1 Å². The van der Waals surface area contributed by atoms with Gasteiger partial charge < -0.3 is 15.2 Å². The van der Waals surface area contributed by atoms with E-state index in [0.717, 1.165) is 0 Å². The predicted octanol–water partition coefficient (Wildman–Crippen LogP) is 0.680. The first-order valence-electron chi connectivity index (χ1n) is 5.88. The third-order valence-electron chi connectivity index (χ3n) is 2.05. The molecule has 1 saturated heterocycles. The van der Waals surface area contributed by atoms with Gasteiger partial charge in [-0.2, -0.15) is 0 Å². The zero-order valence-corrected chi connectivity index (χ0v) is 12.6. The number of nitrogens with two attached hydrogens (primary N) is 1. The Morgan fingerprint density at radius 2 is 1.57 bits per heavy atom. The largest absolute Gasteiger partial charge is 0.533 e. The number of hydrogen-bond acceptors (Lipinski definition) is 9. The molecule has 1 rings (SSSR count). The van der Waals surface area contributed by atoms with Crippen molar-refractivity contribution in [2.24, 2.45) is 5.73 Å². The summed E-state index contributed by atoms with van der Waals surface area (Å²) < 4.78 is 9.21. The molecular weight excluding hydrogens is 324 g/mol. The number of primary amides is 1. The number of amides is 3. The van der Waals surface area contributed by atoms with Crippen molar-refractivity contribution in [3.8, 4) is 0 Å². The van der Waals surface area contributed by atoms with E-state index in [4.69, 9.17) is 10.5 Å². The number of hydroxylamine groups is 2. The molecule has 0 aliphatic carbocycles. The molecule has 1 aliphatic rings. The normalized spacial score (nSPS) is 14.2. The lowest BCUT2D eigenvalue weighted by molar-refractivity contribution is -0.176. The second kappa shape index (κ2) is 9.34. The molecular formula is C10H14N2O7S2. The number of hydrogen-bond donors (Lipinski definition) is 1. The number of imide groups is 1. The van der Waals surface area contributed by atoms with Crippen LogP contribution >= 0.6 is 21.6 Å². The molecule has 2 N–H and O–H groups in total. The Labute approximate surface area is 128 Å². The summed E-state index contributed by atoms with van der Waals surface area (Å²) in [7, 11) is 2.81. The maximum Gasteiger partial charge on any atom is 0.533 e. The molecule has 0 spiro atoms. The SMILES string of the molecule is NC(=O)OCCSSCCOC(=O)ON1C(=O)CCC1=O. The van der Waals surface area contributed by atoms with E-state index >= 15 is 0 Å². The van der Waals surface area contributed by atoms with Crippen LogP contribution in [0.4, 0.5) is 9.59 Å². The van der Waals surface area contributed by atoms with Crippen molar-refractivity contribution in [2.75, 3.05) is 24.7 Å². The summed E-state index contributed by atoms with van der Waals surface area (Å²) in [5.74, 6) is -0.0970. The monoisotopic (exact) mass is 338 g/mol. The fraction of sp³-hybridized carbons (Fsp3) is 0.600. The van der Waals surface area contributed by atoms with Crippen molar-refractivity contribution >= 4 is 45.7 Å². The molecule has 118 valence electrons. The number of carbonyl (C=O) groups is 4. The smallest absolute Gasteiger partial charge is 0.449 e. The third-order valence-corrected chi connectivity index (χ3v) is 4.39.